The Morgan fingerprint density at radius 1 is 1.05 bits per heavy atom. The molecule has 3 nitrogen and oxygen atoms in total. The second kappa shape index (κ2) is 5.68. The van der Waals surface area contributed by atoms with Gasteiger partial charge in [0.2, 0.25) is 0 Å². The van der Waals surface area contributed by atoms with E-state index >= 15 is 0 Å². The van der Waals surface area contributed by atoms with Crippen molar-refractivity contribution in [3.63, 3.8) is 0 Å². The molecular weight excluding hydrogens is 311 g/mol. The first kappa shape index (κ1) is 14.0. The van der Waals surface area contributed by atoms with Gasteiger partial charge in [0.1, 0.15) is 0 Å². The van der Waals surface area contributed by atoms with E-state index in [2.05, 4.69) is 42.2 Å². The van der Waals surface area contributed by atoms with E-state index in [9.17, 15) is 0 Å². The summed E-state index contributed by atoms with van der Waals surface area (Å²) in [5, 5.41) is 9.66. The summed E-state index contributed by atoms with van der Waals surface area (Å²) in [5.74, 6) is 0. The maximum atomic E-state index is 4.08. The van der Waals surface area contributed by atoms with Gasteiger partial charge < -0.3 is 4.57 Å². The number of hydrogen-bond donors (Lipinski definition) is 0. The number of hydrogen-bond acceptors (Lipinski definition) is 2. The van der Waals surface area contributed by atoms with Crippen LogP contribution in [0.2, 0.25) is 0 Å². The molecule has 0 unspecified atom stereocenters. The van der Waals surface area contributed by atoms with E-state index < -0.39 is 0 Å². The van der Waals surface area contributed by atoms with Crippen molar-refractivity contribution in [1.82, 2.24) is 4.57 Å². The second-order valence-electron chi connectivity index (χ2n) is 4.11. The summed E-state index contributed by atoms with van der Waals surface area (Å²) in [7, 11) is 4.08. The Morgan fingerprint density at radius 2 is 1.79 bits per heavy atom. The maximum Gasteiger partial charge on any atom is 0.0567 e. The molecule has 1 aromatic heterocycles. The Balaban J connectivity index is 0.00000133. The van der Waals surface area contributed by atoms with Gasteiger partial charge in [-0.05, 0) is 5.56 Å². The van der Waals surface area contributed by atoms with Crippen LogP contribution in [0.1, 0.15) is 5.56 Å². The van der Waals surface area contributed by atoms with Gasteiger partial charge in [0.15, 0.2) is 0 Å². The minimum absolute atomic E-state index is 0. The van der Waals surface area contributed by atoms with Crippen molar-refractivity contribution in [1.29, 1.82) is 0 Å². The van der Waals surface area contributed by atoms with E-state index in [-0.39, 0.29) is 32.7 Å². The van der Waals surface area contributed by atoms with E-state index in [1.807, 2.05) is 28.8 Å². The molecule has 4 heteroatoms. The van der Waals surface area contributed by atoms with Crippen LogP contribution in [0.25, 0.3) is 21.8 Å². The van der Waals surface area contributed by atoms with Gasteiger partial charge in [0.05, 0.1) is 6.21 Å². The van der Waals surface area contributed by atoms with Crippen LogP contribution in [-0.4, -0.2) is 17.5 Å². The molecule has 2 aromatic carbocycles. The number of para-hydroxylation sites is 1. The predicted molar refractivity (Wildman–Crippen MR) is 77.3 cm³/mol. The Hall–Kier alpha value is -1.45. The average molecular weight is 323 g/mol. The average Bonchev–Trinajstić information content (AvgIpc) is 2.71. The maximum absolute atomic E-state index is 4.08. The zero-order chi connectivity index (χ0) is 12.5. The molecule has 0 aliphatic carbocycles. The third-order valence-corrected chi connectivity index (χ3v) is 3.08. The smallest absolute Gasteiger partial charge is 0.0567 e. The van der Waals surface area contributed by atoms with Crippen LogP contribution in [0.15, 0.2) is 52.7 Å². The first-order chi connectivity index (χ1) is 8.81. The topological polar surface area (TPSA) is 29.6 Å². The normalized spacial score (nSPS) is 10.9. The number of aromatic nitrogens is 1. The summed E-state index contributed by atoms with van der Waals surface area (Å²) in [6.45, 7) is 3.33. The predicted octanol–water partition coefficient (Wildman–Crippen LogP) is 3.47. The minimum Gasteiger partial charge on any atom is -0.481 e. The number of benzene rings is 2. The van der Waals surface area contributed by atoms with Crippen LogP contribution in [0, 0.1) is 7.05 Å². The summed E-state index contributed by atoms with van der Waals surface area (Å²) in [5.41, 5.74) is 3.24. The summed E-state index contributed by atoms with van der Waals surface area (Å²) >= 11 is 0. The SMILES string of the molecule is C=N/N=C/c1ccc2c(c1)c1ccccc1n2[CH2-].[Y]. The number of fused-ring (bicyclic) bond motifs is 3. The van der Waals surface area contributed by atoms with Crippen LogP contribution in [-0.2, 0) is 32.7 Å². The molecule has 0 atom stereocenters. The zero-order valence-electron chi connectivity index (χ0n) is 10.5. The summed E-state index contributed by atoms with van der Waals surface area (Å²) in [6, 6.07) is 14.4. The van der Waals surface area contributed by atoms with Crippen LogP contribution in [0.4, 0.5) is 0 Å². The van der Waals surface area contributed by atoms with E-state index in [1.54, 1.807) is 6.21 Å². The van der Waals surface area contributed by atoms with Crippen molar-refractivity contribution in [3.05, 3.63) is 55.1 Å². The fraction of sp³-hybridized carbons (Fsp3) is 0. The van der Waals surface area contributed by atoms with Crippen LogP contribution < -0.4 is 0 Å². The second-order valence-corrected chi connectivity index (χ2v) is 4.11. The molecule has 3 aromatic rings. The fourth-order valence-corrected chi connectivity index (χ4v) is 2.26. The molecule has 91 valence electrons. The van der Waals surface area contributed by atoms with Crippen molar-refractivity contribution in [2.24, 2.45) is 10.2 Å². The molecule has 3 rings (SSSR count). The Kier molecular flexibility index (Phi) is 4.18. The van der Waals surface area contributed by atoms with Gasteiger partial charge in [-0.25, -0.2) is 0 Å². The van der Waals surface area contributed by atoms with Crippen LogP contribution in [0.3, 0.4) is 0 Å². The molecule has 0 spiro atoms. The van der Waals surface area contributed by atoms with Gasteiger partial charge in [-0.3, -0.25) is 0 Å². The Bertz CT molecular complexity index is 772. The fourth-order valence-electron chi connectivity index (χ4n) is 2.26. The molecule has 1 heterocycles. The first-order valence-corrected chi connectivity index (χ1v) is 5.64. The van der Waals surface area contributed by atoms with E-state index in [4.69, 9.17) is 0 Å². The molecule has 0 fully saturated rings. The molecule has 0 N–H and O–H groups in total. The molecule has 0 saturated carbocycles. The first-order valence-electron chi connectivity index (χ1n) is 5.64. The van der Waals surface area contributed by atoms with E-state index in [0.29, 0.717) is 0 Å². The zero-order valence-corrected chi connectivity index (χ0v) is 13.3. The van der Waals surface area contributed by atoms with Crippen molar-refractivity contribution in [3.8, 4) is 0 Å². The number of nitrogens with zero attached hydrogens (tertiary/aromatic N) is 3. The van der Waals surface area contributed by atoms with Gasteiger partial charge in [-0.15, -0.1) is 7.05 Å². The molecule has 0 bridgehead atoms. The Morgan fingerprint density at radius 3 is 2.58 bits per heavy atom. The van der Waals surface area contributed by atoms with Gasteiger partial charge in [-0.1, -0.05) is 64.3 Å². The van der Waals surface area contributed by atoms with Crippen molar-refractivity contribution >= 4 is 34.7 Å². The third kappa shape index (κ3) is 2.36. The standard InChI is InChI=1S/C15H12N3.Y/c1-16-17-10-11-7-8-15-13(9-11)12-5-3-4-6-14(12)18(15)2;/h3-10H,1-2H2;/q-1;/b17-10+;. The van der Waals surface area contributed by atoms with Crippen molar-refractivity contribution < 1.29 is 32.7 Å². The largest absolute Gasteiger partial charge is 0.481 e. The molecule has 0 aliphatic heterocycles. The van der Waals surface area contributed by atoms with Crippen LogP contribution >= 0.6 is 0 Å². The minimum atomic E-state index is 0. The van der Waals surface area contributed by atoms with E-state index in [0.717, 1.165) is 16.6 Å². The summed E-state index contributed by atoms with van der Waals surface area (Å²) < 4.78 is 1.96. The van der Waals surface area contributed by atoms with Gasteiger partial charge in [0.25, 0.3) is 0 Å². The van der Waals surface area contributed by atoms with Gasteiger partial charge >= 0.3 is 0 Å². The molecule has 0 aliphatic rings. The molecule has 0 amide bonds. The molecule has 0 saturated heterocycles. The van der Waals surface area contributed by atoms with Gasteiger partial charge in [0, 0.05) is 39.4 Å². The molecule has 19 heavy (non-hydrogen) atoms. The Labute approximate surface area is 136 Å². The van der Waals surface area contributed by atoms with Crippen molar-refractivity contribution in [2.75, 3.05) is 0 Å². The van der Waals surface area contributed by atoms with Crippen LogP contribution in [0.5, 0.6) is 0 Å². The monoisotopic (exact) mass is 323 g/mol. The van der Waals surface area contributed by atoms with Gasteiger partial charge in [-0.2, -0.15) is 10.2 Å². The summed E-state index contributed by atoms with van der Waals surface area (Å²) in [4.78, 5) is 0. The van der Waals surface area contributed by atoms with Crippen molar-refractivity contribution in [2.45, 2.75) is 0 Å². The quantitative estimate of drug-likeness (QED) is 0.393. The molecular formula is C15H12N3Y-. The van der Waals surface area contributed by atoms with E-state index in [1.165, 1.54) is 10.8 Å². The third-order valence-electron chi connectivity index (χ3n) is 3.08. The summed E-state index contributed by atoms with van der Waals surface area (Å²) in [6.07, 6.45) is 1.70. The number of rotatable bonds is 2. The molecule has 1 radical (unpaired) electrons.